The van der Waals surface area contributed by atoms with E-state index in [9.17, 15) is 14.7 Å². The van der Waals surface area contributed by atoms with Gasteiger partial charge in [-0.15, -0.1) is 6.58 Å². The van der Waals surface area contributed by atoms with Crippen molar-refractivity contribution in [2.75, 3.05) is 6.54 Å². The van der Waals surface area contributed by atoms with Gasteiger partial charge in [0.15, 0.2) is 6.04 Å². The Morgan fingerprint density at radius 1 is 1.56 bits per heavy atom. The molecule has 0 radical (unpaired) electrons. The highest BCUT2D eigenvalue weighted by molar-refractivity contribution is 5.87. The minimum atomic E-state index is -0.949. The van der Waals surface area contributed by atoms with E-state index in [4.69, 9.17) is 0 Å². The zero-order valence-corrected chi connectivity index (χ0v) is 10.2. The molecule has 1 aliphatic carbocycles. The Morgan fingerprint density at radius 3 is 2.83 bits per heavy atom. The second kappa shape index (κ2) is 5.21. The third-order valence-corrected chi connectivity index (χ3v) is 3.45. The molecule has 4 nitrogen and oxygen atoms in total. The van der Waals surface area contributed by atoms with Gasteiger partial charge in [0.25, 0.3) is 0 Å². The van der Waals surface area contributed by atoms with E-state index < -0.39 is 12.0 Å². The predicted molar refractivity (Wildman–Crippen MR) is 67.9 cm³/mol. The summed E-state index contributed by atoms with van der Waals surface area (Å²) >= 11 is 0. The molecule has 0 bridgehead atoms. The van der Waals surface area contributed by atoms with Gasteiger partial charge >= 0.3 is 5.97 Å². The number of nitrogens with zero attached hydrogens (tertiary/aromatic N) is 1. The average molecular weight is 247 g/mol. The van der Waals surface area contributed by atoms with Crippen LogP contribution in [0.1, 0.15) is 19.3 Å². The van der Waals surface area contributed by atoms with Crippen molar-refractivity contribution in [3.8, 4) is 0 Å². The van der Waals surface area contributed by atoms with Crippen molar-refractivity contribution in [1.82, 2.24) is 4.90 Å². The molecule has 0 aromatic heterocycles. The fourth-order valence-electron chi connectivity index (χ4n) is 2.50. The quantitative estimate of drug-likeness (QED) is 0.770. The third-order valence-electron chi connectivity index (χ3n) is 3.45. The van der Waals surface area contributed by atoms with Gasteiger partial charge in [0.2, 0.25) is 5.91 Å². The highest BCUT2D eigenvalue weighted by Crippen LogP contribution is 2.27. The monoisotopic (exact) mass is 247 g/mol. The van der Waals surface area contributed by atoms with Crippen LogP contribution in [0.4, 0.5) is 0 Å². The first-order chi connectivity index (χ1) is 8.63. The van der Waals surface area contributed by atoms with E-state index in [0.717, 1.165) is 12.0 Å². The summed E-state index contributed by atoms with van der Waals surface area (Å²) in [6.45, 7) is 4.13. The normalized spacial score (nSPS) is 24.9. The molecule has 18 heavy (non-hydrogen) atoms. The number of carboxylic acids is 1. The number of carboxylic acid groups (broad SMARTS) is 1. The minimum Gasteiger partial charge on any atom is -0.479 e. The van der Waals surface area contributed by atoms with Crippen LogP contribution in [0.3, 0.4) is 0 Å². The highest BCUT2D eigenvalue weighted by atomic mass is 16.4. The molecule has 1 unspecified atom stereocenters. The molecule has 1 N–H and O–H groups in total. The van der Waals surface area contributed by atoms with E-state index in [2.05, 4.69) is 6.58 Å². The summed E-state index contributed by atoms with van der Waals surface area (Å²) in [7, 11) is 0. The molecule has 2 rings (SSSR count). The summed E-state index contributed by atoms with van der Waals surface area (Å²) in [5.74, 6) is -0.976. The van der Waals surface area contributed by atoms with Crippen LogP contribution in [-0.4, -0.2) is 34.5 Å². The van der Waals surface area contributed by atoms with Gasteiger partial charge in [-0.1, -0.05) is 24.3 Å². The third kappa shape index (κ3) is 2.37. The minimum absolute atomic E-state index is 0.0686. The Bertz CT molecular complexity index is 436. The lowest BCUT2D eigenvalue weighted by molar-refractivity contribution is -0.146. The first-order valence-electron chi connectivity index (χ1n) is 6.12. The van der Waals surface area contributed by atoms with Crippen LogP contribution in [0.5, 0.6) is 0 Å². The van der Waals surface area contributed by atoms with Crippen molar-refractivity contribution in [3.63, 3.8) is 0 Å². The molecule has 1 aliphatic heterocycles. The second-order valence-corrected chi connectivity index (χ2v) is 4.68. The average Bonchev–Trinajstić information content (AvgIpc) is 2.72. The lowest BCUT2D eigenvalue weighted by Gasteiger charge is -2.27. The first-order valence-corrected chi connectivity index (χ1v) is 6.12. The molecule has 0 saturated carbocycles. The van der Waals surface area contributed by atoms with Gasteiger partial charge < -0.3 is 10.0 Å². The number of aliphatic carboxylic acids is 1. The number of carbonyl (C=O) groups is 2. The van der Waals surface area contributed by atoms with Crippen LogP contribution < -0.4 is 0 Å². The summed E-state index contributed by atoms with van der Waals surface area (Å²) in [6, 6.07) is -0.813. The van der Waals surface area contributed by atoms with Gasteiger partial charge in [0.05, 0.1) is 0 Å². The lowest BCUT2D eigenvalue weighted by Crippen LogP contribution is -2.43. The maximum atomic E-state index is 11.9. The Kier molecular flexibility index (Phi) is 3.65. The summed E-state index contributed by atoms with van der Waals surface area (Å²) < 4.78 is 0. The van der Waals surface area contributed by atoms with E-state index >= 15 is 0 Å². The Labute approximate surface area is 106 Å². The molecule has 4 heteroatoms. The molecule has 1 amide bonds. The van der Waals surface area contributed by atoms with Crippen LogP contribution in [0.15, 0.2) is 36.5 Å². The van der Waals surface area contributed by atoms with Gasteiger partial charge in [-0.05, 0) is 18.4 Å². The predicted octanol–water partition coefficient (Wildman–Crippen LogP) is 1.75. The largest absolute Gasteiger partial charge is 0.479 e. The van der Waals surface area contributed by atoms with Gasteiger partial charge in [0, 0.05) is 18.9 Å². The Balaban J connectivity index is 2.20. The SMILES string of the molecule is C=CC1CC(=O)N([C@@H](C(=O)O)C2=CCC=CC2)C1. The molecule has 2 atom stereocenters. The molecule has 1 saturated heterocycles. The highest BCUT2D eigenvalue weighted by Gasteiger charge is 2.38. The van der Waals surface area contributed by atoms with Crippen LogP contribution >= 0.6 is 0 Å². The van der Waals surface area contributed by atoms with Gasteiger partial charge in [0.1, 0.15) is 0 Å². The topological polar surface area (TPSA) is 57.6 Å². The van der Waals surface area contributed by atoms with Crippen molar-refractivity contribution in [2.45, 2.75) is 25.3 Å². The van der Waals surface area contributed by atoms with Crippen molar-refractivity contribution >= 4 is 11.9 Å². The van der Waals surface area contributed by atoms with Gasteiger partial charge in [-0.2, -0.15) is 0 Å². The standard InChI is InChI=1S/C14H17NO3/c1-2-10-8-12(16)15(9-10)13(14(17)18)11-6-4-3-5-7-11/h2-4,7,10,13H,1,5-6,8-9H2,(H,17,18)/t10?,13-/m1/s1. The summed E-state index contributed by atoms with van der Waals surface area (Å²) in [5, 5.41) is 9.38. The van der Waals surface area contributed by atoms with Crippen molar-refractivity contribution in [2.24, 2.45) is 5.92 Å². The Hall–Kier alpha value is -1.84. The number of allylic oxidation sites excluding steroid dienone is 3. The zero-order chi connectivity index (χ0) is 13.1. The molecule has 0 aromatic carbocycles. The van der Waals surface area contributed by atoms with Crippen LogP contribution in [0.25, 0.3) is 0 Å². The smallest absolute Gasteiger partial charge is 0.330 e. The van der Waals surface area contributed by atoms with E-state index in [1.54, 1.807) is 6.08 Å². The number of likely N-dealkylation sites (tertiary alicyclic amines) is 1. The Morgan fingerprint density at radius 2 is 2.33 bits per heavy atom. The van der Waals surface area contributed by atoms with Crippen molar-refractivity contribution in [3.05, 3.63) is 36.5 Å². The molecule has 1 fully saturated rings. The maximum absolute atomic E-state index is 11.9. The van der Waals surface area contributed by atoms with Gasteiger partial charge in [-0.25, -0.2) is 4.79 Å². The number of hydrogen-bond donors (Lipinski definition) is 1. The molecular formula is C14H17NO3. The molecule has 96 valence electrons. The number of amides is 1. The lowest BCUT2D eigenvalue weighted by atomic mass is 9.97. The second-order valence-electron chi connectivity index (χ2n) is 4.68. The van der Waals surface area contributed by atoms with Crippen LogP contribution in [0.2, 0.25) is 0 Å². The first kappa shape index (κ1) is 12.6. The molecular weight excluding hydrogens is 230 g/mol. The van der Waals surface area contributed by atoms with Crippen molar-refractivity contribution in [1.29, 1.82) is 0 Å². The molecule has 1 heterocycles. The fourth-order valence-corrected chi connectivity index (χ4v) is 2.50. The summed E-state index contributed by atoms with van der Waals surface area (Å²) in [4.78, 5) is 24.8. The number of rotatable bonds is 4. The zero-order valence-electron chi connectivity index (χ0n) is 10.2. The van der Waals surface area contributed by atoms with E-state index in [1.807, 2.05) is 18.2 Å². The van der Waals surface area contributed by atoms with Crippen LogP contribution in [-0.2, 0) is 9.59 Å². The number of carbonyl (C=O) groups excluding carboxylic acids is 1. The fraction of sp³-hybridized carbons (Fsp3) is 0.429. The molecule has 0 spiro atoms. The van der Waals surface area contributed by atoms with Crippen LogP contribution in [0, 0.1) is 5.92 Å². The van der Waals surface area contributed by atoms with E-state index in [-0.39, 0.29) is 11.8 Å². The molecule has 2 aliphatic rings. The van der Waals surface area contributed by atoms with E-state index in [0.29, 0.717) is 19.4 Å². The van der Waals surface area contributed by atoms with Gasteiger partial charge in [-0.3, -0.25) is 4.79 Å². The summed E-state index contributed by atoms with van der Waals surface area (Å²) in [6.07, 6.45) is 9.32. The van der Waals surface area contributed by atoms with E-state index in [1.165, 1.54) is 4.90 Å². The number of hydrogen-bond acceptors (Lipinski definition) is 2. The summed E-state index contributed by atoms with van der Waals surface area (Å²) in [5.41, 5.74) is 0.808. The maximum Gasteiger partial charge on any atom is 0.330 e. The molecule has 0 aromatic rings. The van der Waals surface area contributed by atoms with Crippen molar-refractivity contribution < 1.29 is 14.7 Å².